The maximum Gasteiger partial charge on any atom is 0.0440 e. The Balaban J connectivity index is 1.14. The Bertz CT molecular complexity index is 3360. The molecule has 54 heavy (non-hydrogen) atoms. The lowest BCUT2D eigenvalue weighted by molar-refractivity contribution is 1.67. The quantitative estimate of drug-likeness (QED) is 0.123. The summed E-state index contributed by atoms with van der Waals surface area (Å²) in [6.45, 7) is 8.39. The molecule has 11 aromatic rings. The first kappa shape index (κ1) is 31.2. The topological polar surface area (TPSA) is 0 Å². The van der Waals surface area contributed by atoms with Crippen LogP contribution in [0.4, 0.5) is 0 Å². The van der Waals surface area contributed by atoms with Gasteiger partial charge in [0.2, 0.25) is 0 Å². The van der Waals surface area contributed by atoms with E-state index in [9.17, 15) is 0 Å². The third kappa shape index (κ3) is 4.54. The SMILES string of the molecule is C=C/C=C\C(=C)c1c2ccccc2c(-c2ccc(-c3ccc4sc5c(ccc6ccc7sc8ccccc8c7c65)c4c3)c3ccccc23)c2ccccc12. The summed E-state index contributed by atoms with van der Waals surface area (Å²) < 4.78 is 5.39. The van der Waals surface area contributed by atoms with Gasteiger partial charge in [0, 0.05) is 45.7 Å². The second-order valence-electron chi connectivity index (χ2n) is 14.1. The van der Waals surface area contributed by atoms with Gasteiger partial charge >= 0.3 is 0 Å². The van der Waals surface area contributed by atoms with Gasteiger partial charge in [-0.3, -0.25) is 0 Å². The molecule has 252 valence electrons. The van der Waals surface area contributed by atoms with Gasteiger partial charge in [0.25, 0.3) is 0 Å². The summed E-state index contributed by atoms with van der Waals surface area (Å²) in [7, 11) is 0. The summed E-state index contributed by atoms with van der Waals surface area (Å²) in [5.41, 5.74) is 7.12. The average Bonchev–Trinajstić information content (AvgIpc) is 3.80. The van der Waals surface area contributed by atoms with Gasteiger partial charge in [-0.25, -0.2) is 0 Å². The Morgan fingerprint density at radius 1 is 0.463 bits per heavy atom. The van der Waals surface area contributed by atoms with Crippen LogP contribution in [-0.4, -0.2) is 0 Å². The molecule has 0 nitrogen and oxygen atoms in total. The number of benzene rings is 9. The molecular weight excluding hydrogens is 689 g/mol. The zero-order valence-electron chi connectivity index (χ0n) is 29.4. The molecule has 2 aromatic heterocycles. The molecule has 0 radical (unpaired) electrons. The largest absolute Gasteiger partial charge is 0.135 e. The van der Waals surface area contributed by atoms with Crippen molar-refractivity contribution >= 4 is 112 Å². The van der Waals surface area contributed by atoms with Gasteiger partial charge in [0.15, 0.2) is 0 Å². The normalized spacial score (nSPS) is 12.1. The lowest BCUT2D eigenvalue weighted by atomic mass is 9.84. The van der Waals surface area contributed by atoms with E-state index in [2.05, 4.69) is 171 Å². The Hall–Kier alpha value is -6.32. The van der Waals surface area contributed by atoms with Crippen molar-refractivity contribution in [3.05, 3.63) is 189 Å². The Kier molecular flexibility index (Phi) is 7.00. The van der Waals surface area contributed by atoms with Crippen LogP contribution in [0.3, 0.4) is 0 Å². The summed E-state index contributed by atoms with van der Waals surface area (Å²) in [4.78, 5) is 0. The fourth-order valence-electron chi connectivity index (χ4n) is 8.83. The highest BCUT2D eigenvalue weighted by Gasteiger charge is 2.20. The van der Waals surface area contributed by atoms with Crippen molar-refractivity contribution in [1.29, 1.82) is 0 Å². The molecular formula is C52H32S2. The average molecular weight is 721 g/mol. The van der Waals surface area contributed by atoms with E-state index >= 15 is 0 Å². The van der Waals surface area contributed by atoms with E-state index in [1.807, 2.05) is 34.8 Å². The Morgan fingerprint density at radius 2 is 1.06 bits per heavy atom. The Labute approximate surface area is 320 Å². The second kappa shape index (κ2) is 12.1. The third-order valence-corrected chi connectivity index (χ3v) is 13.5. The van der Waals surface area contributed by atoms with E-state index in [0.29, 0.717) is 0 Å². The minimum absolute atomic E-state index is 0.978. The molecule has 0 saturated carbocycles. The maximum atomic E-state index is 4.50. The van der Waals surface area contributed by atoms with Crippen LogP contribution < -0.4 is 0 Å². The van der Waals surface area contributed by atoms with Crippen molar-refractivity contribution in [2.24, 2.45) is 0 Å². The van der Waals surface area contributed by atoms with Crippen LogP contribution in [0.25, 0.3) is 111 Å². The number of hydrogen-bond donors (Lipinski definition) is 0. The minimum Gasteiger partial charge on any atom is -0.135 e. The summed E-state index contributed by atoms with van der Waals surface area (Å²) in [5.74, 6) is 0. The van der Waals surface area contributed by atoms with E-state index in [1.165, 1.54) is 111 Å². The van der Waals surface area contributed by atoms with Gasteiger partial charge in [-0.05, 0) is 95.4 Å². The molecule has 0 aliphatic rings. The molecule has 0 aliphatic carbocycles. The van der Waals surface area contributed by atoms with E-state index in [1.54, 1.807) is 0 Å². The Morgan fingerprint density at radius 3 is 1.80 bits per heavy atom. The smallest absolute Gasteiger partial charge is 0.0440 e. The predicted octanol–water partition coefficient (Wildman–Crippen LogP) is 16.1. The molecule has 0 N–H and O–H groups in total. The molecule has 9 aromatic carbocycles. The van der Waals surface area contributed by atoms with Crippen LogP contribution in [0.15, 0.2) is 183 Å². The minimum atomic E-state index is 0.978. The van der Waals surface area contributed by atoms with E-state index < -0.39 is 0 Å². The summed E-state index contributed by atoms with van der Waals surface area (Å²) >= 11 is 3.82. The molecule has 0 spiro atoms. The lowest BCUT2D eigenvalue weighted by Gasteiger charge is -2.19. The third-order valence-electron chi connectivity index (χ3n) is 11.1. The number of thiophene rings is 2. The fraction of sp³-hybridized carbons (Fsp3) is 0. The summed E-state index contributed by atoms with van der Waals surface area (Å²) in [6.07, 6.45) is 5.84. The number of rotatable bonds is 5. The predicted molar refractivity (Wildman–Crippen MR) is 241 cm³/mol. The highest BCUT2D eigenvalue weighted by atomic mass is 32.1. The van der Waals surface area contributed by atoms with E-state index in [4.69, 9.17) is 0 Å². The number of hydrogen-bond acceptors (Lipinski definition) is 2. The molecule has 11 rings (SSSR count). The molecule has 0 saturated heterocycles. The second-order valence-corrected chi connectivity index (χ2v) is 16.2. The molecule has 0 amide bonds. The van der Waals surface area contributed by atoms with Gasteiger partial charge < -0.3 is 0 Å². The zero-order chi connectivity index (χ0) is 35.9. The standard InChI is InChI=1S/C52H32S2/c1-3-4-13-31(2)48-37-16-7-9-18-39(37)50(40-19-10-8-17-38(40)48)41-27-26-34(35-14-5-6-15-36(35)41)33-24-28-46-44(30-33)42-25-22-32-23-29-47-51(49(32)52(42)54-46)43-20-11-12-21-45(43)53-47/h3-30H,1-2H2/b13-4-. The van der Waals surface area contributed by atoms with Crippen LogP contribution in [0.5, 0.6) is 0 Å². The molecule has 0 atom stereocenters. The van der Waals surface area contributed by atoms with Gasteiger partial charge in [-0.1, -0.05) is 159 Å². The summed E-state index contributed by atoms with van der Waals surface area (Å²) in [6, 6.07) is 56.4. The first-order valence-electron chi connectivity index (χ1n) is 18.3. The fourth-order valence-corrected chi connectivity index (χ4v) is 11.2. The number of fused-ring (bicyclic) bond motifs is 12. The van der Waals surface area contributed by atoms with Crippen LogP contribution in [0.1, 0.15) is 5.56 Å². The lowest BCUT2D eigenvalue weighted by Crippen LogP contribution is -1.93. The van der Waals surface area contributed by atoms with Crippen LogP contribution >= 0.6 is 22.7 Å². The molecule has 0 fully saturated rings. The molecule has 2 heterocycles. The van der Waals surface area contributed by atoms with Crippen LogP contribution in [-0.2, 0) is 0 Å². The molecule has 0 unspecified atom stereocenters. The van der Waals surface area contributed by atoms with Gasteiger partial charge in [0.1, 0.15) is 0 Å². The van der Waals surface area contributed by atoms with Crippen LogP contribution in [0.2, 0.25) is 0 Å². The van der Waals surface area contributed by atoms with Crippen molar-refractivity contribution in [2.45, 2.75) is 0 Å². The monoisotopic (exact) mass is 720 g/mol. The van der Waals surface area contributed by atoms with Crippen molar-refractivity contribution in [3.8, 4) is 22.3 Å². The highest BCUT2D eigenvalue weighted by molar-refractivity contribution is 7.28. The summed E-state index contributed by atoms with van der Waals surface area (Å²) in [5, 5.41) is 15.4. The first-order valence-corrected chi connectivity index (χ1v) is 19.9. The zero-order valence-corrected chi connectivity index (χ0v) is 31.0. The van der Waals surface area contributed by atoms with Crippen molar-refractivity contribution in [1.82, 2.24) is 0 Å². The van der Waals surface area contributed by atoms with Gasteiger partial charge in [-0.15, -0.1) is 22.7 Å². The van der Waals surface area contributed by atoms with Crippen molar-refractivity contribution < 1.29 is 0 Å². The highest BCUT2D eigenvalue weighted by Crippen LogP contribution is 2.48. The van der Waals surface area contributed by atoms with Crippen LogP contribution in [0, 0.1) is 0 Å². The van der Waals surface area contributed by atoms with Crippen molar-refractivity contribution in [2.75, 3.05) is 0 Å². The van der Waals surface area contributed by atoms with Gasteiger partial charge in [-0.2, -0.15) is 0 Å². The molecule has 0 bridgehead atoms. The number of allylic oxidation sites excluding steroid dienone is 4. The maximum absolute atomic E-state index is 4.50. The molecule has 0 aliphatic heterocycles. The van der Waals surface area contributed by atoms with Crippen molar-refractivity contribution in [3.63, 3.8) is 0 Å². The van der Waals surface area contributed by atoms with E-state index in [0.717, 1.165) is 5.57 Å². The molecule has 2 heteroatoms. The van der Waals surface area contributed by atoms with Gasteiger partial charge in [0.05, 0.1) is 0 Å². The first-order chi connectivity index (χ1) is 26.7. The van der Waals surface area contributed by atoms with E-state index in [-0.39, 0.29) is 0 Å².